The lowest BCUT2D eigenvalue weighted by Crippen LogP contribution is -2.33. The first-order valence-electron chi connectivity index (χ1n) is 10.2. The van der Waals surface area contributed by atoms with Crippen molar-refractivity contribution in [2.24, 2.45) is 5.92 Å². The van der Waals surface area contributed by atoms with E-state index >= 15 is 0 Å². The SMILES string of the molecule is CCC(C)C(NC(=O)c1cccc(N2C(=O)CCC2=O)c1)c1nc2ccccc2[nH]1. The zero-order chi connectivity index (χ0) is 21.3. The molecule has 2 atom stereocenters. The molecule has 0 bridgehead atoms. The summed E-state index contributed by atoms with van der Waals surface area (Å²) in [7, 11) is 0. The fourth-order valence-electron chi connectivity index (χ4n) is 3.71. The van der Waals surface area contributed by atoms with Crippen LogP contribution in [0.5, 0.6) is 0 Å². The van der Waals surface area contributed by atoms with E-state index in [0.29, 0.717) is 17.1 Å². The summed E-state index contributed by atoms with van der Waals surface area (Å²) >= 11 is 0. The number of rotatable bonds is 6. The molecular formula is C23H24N4O3. The second kappa shape index (κ2) is 8.10. The molecule has 1 aliphatic rings. The smallest absolute Gasteiger partial charge is 0.251 e. The van der Waals surface area contributed by atoms with Gasteiger partial charge in [-0.25, -0.2) is 4.98 Å². The van der Waals surface area contributed by atoms with Crippen LogP contribution in [0, 0.1) is 5.92 Å². The van der Waals surface area contributed by atoms with Gasteiger partial charge in [-0.1, -0.05) is 38.5 Å². The highest BCUT2D eigenvalue weighted by Gasteiger charge is 2.31. The van der Waals surface area contributed by atoms with Gasteiger partial charge in [-0.15, -0.1) is 0 Å². The van der Waals surface area contributed by atoms with Crippen molar-refractivity contribution in [3.05, 3.63) is 59.9 Å². The van der Waals surface area contributed by atoms with Crippen molar-refractivity contribution in [3.63, 3.8) is 0 Å². The third kappa shape index (κ3) is 3.70. The Balaban J connectivity index is 1.61. The Labute approximate surface area is 174 Å². The van der Waals surface area contributed by atoms with E-state index in [1.807, 2.05) is 24.3 Å². The van der Waals surface area contributed by atoms with Crippen LogP contribution < -0.4 is 10.2 Å². The molecule has 154 valence electrons. The van der Waals surface area contributed by atoms with E-state index in [9.17, 15) is 14.4 Å². The number of imidazole rings is 1. The molecule has 0 radical (unpaired) electrons. The van der Waals surface area contributed by atoms with Crippen molar-refractivity contribution < 1.29 is 14.4 Å². The fraction of sp³-hybridized carbons (Fsp3) is 0.304. The number of nitrogens with zero attached hydrogens (tertiary/aromatic N) is 2. The third-order valence-electron chi connectivity index (χ3n) is 5.62. The van der Waals surface area contributed by atoms with Crippen LogP contribution in [0.3, 0.4) is 0 Å². The lowest BCUT2D eigenvalue weighted by Gasteiger charge is -2.23. The molecule has 4 rings (SSSR count). The molecule has 2 heterocycles. The van der Waals surface area contributed by atoms with Gasteiger partial charge >= 0.3 is 0 Å². The number of amides is 3. The van der Waals surface area contributed by atoms with Gasteiger partial charge in [-0.2, -0.15) is 0 Å². The van der Waals surface area contributed by atoms with E-state index in [-0.39, 0.29) is 42.5 Å². The summed E-state index contributed by atoms with van der Waals surface area (Å²) in [5.74, 6) is 0.107. The number of anilines is 1. The van der Waals surface area contributed by atoms with Gasteiger partial charge in [0, 0.05) is 18.4 Å². The molecule has 3 amide bonds. The van der Waals surface area contributed by atoms with Gasteiger partial charge in [0.1, 0.15) is 5.82 Å². The lowest BCUT2D eigenvalue weighted by atomic mass is 9.98. The molecule has 0 saturated carbocycles. The summed E-state index contributed by atoms with van der Waals surface area (Å²) in [6.07, 6.45) is 1.27. The second-order valence-electron chi connectivity index (χ2n) is 7.65. The van der Waals surface area contributed by atoms with Crippen molar-refractivity contribution in [2.75, 3.05) is 4.90 Å². The highest BCUT2D eigenvalue weighted by molar-refractivity contribution is 6.20. The molecule has 1 aromatic heterocycles. The number of carbonyl (C=O) groups is 3. The molecule has 2 aromatic carbocycles. The summed E-state index contributed by atoms with van der Waals surface area (Å²) in [6.45, 7) is 4.13. The molecule has 7 nitrogen and oxygen atoms in total. The van der Waals surface area contributed by atoms with E-state index in [4.69, 9.17) is 0 Å². The van der Waals surface area contributed by atoms with Crippen LogP contribution in [-0.4, -0.2) is 27.7 Å². The minimum atomic E-state index is -0.298. The number of para-hydroxylation sites is 2. The van der Waals surface area contributed by atoms with E-state index in [2.05, 4.69) is 29.1 Å². The van der Waals surface area contributed by atoms with Gasteiger partial charge in [0.2, 0.25) is 11.8 Å². The van der Waals surface area contributed by atoms with E-state index < -0.39 is 0 Å². The zero-order valence-corrected chi connectivity index (χ0v) is 17.0. The number of nitrogens with one attached hydrogen (secondary N) is 2. The van der Waals surface area contributed by atoms with Gasteiger partial charge in [-0.3, -0.25) is 19.3 Å². The van der Waals surface area contributed by atoms with Crippen LogP contribution >= 0.6 is 0 Å². The zero-order valence-electron chi connectivity index (χ0n) is 17.0. The van der Waals surface area contributed by atoms with Crippen molar-refractivity contribution >= 4 is 34.4 Å². The monoisotopic (exact) mass is 404 g/mol. The highest BCUT2D eigenvalue weighted by atomic mass is 16.2. The van der Waals surface area contributed by atoms with Crippen LogP contribution in [0.4, 0.5) is 5.69 Å². The summed E-state index contributed by atoms with van der Waals surface area (Å²) in [5.41, 5.74) is 2.59. The summed E-state index contributed by atoms with van der Waals surface area (Å²) in [6, 6.07) is 14.1. The highest BCUT2D eigenvalue weighted by Crippen LogP contribution is 2.27. The molecule has 1 aliphatic heterocycles. The number of hydrogen-bond donors (Lipinski definition) is 2. The molecule has 7 heteroatoms. The number of aromatic amines is 1. The van der Waals surface area contributed by atoms with Crippen molar-refractivity contribution in [1.82, 2.24) is 15.3 Å². The van der Waals surface area contributed by atoms with E-state index in [0.717, 1.165) is 22.4 Å². The maximum Gasteiger partial charge on any atom is 0.251 e. The average molecular weight is 404 g/mol. The maximum atomic E-state index is 13.1. The molecule has 30 heavy (non-hydrogen) atoms. The molecule has 1 fully saturated rings. The first-order chi connectivity index (χ1) is 14.5. The molecule has 0 aliphatic carbocycles. The number of benzene rings is 2. The number of hydrogen-bond acceptors (Lipinski definition) is 4. The second-order valence-corrected chi connectivity index (χ2v) is 7.65. The molecular weight excluding hydrogens is 380 g/mol. The lowest BCUT2D eigenvalue weighted by molar-refractivity contribution is -0.121. The number of fused-ring (bicyclic) bond motifs is 1. The first kappa shape index (κ1) is 19.8. The summed E-state index contributed by atoms with van der Waals surface area (Å²) < 4.78 is 0. The predicted octanol–water partition coefficient (Wildman–Crippen LogP) is 3.73. The van der Waals surface area contributed by atoms with Crippen molar-refractivity contribution in [3.8, 4) is 0 Å². The Bertz CT molecular complexity index is 1070. The van der Waals surface area contributed by atoms with Crippen LogP contribution in [0.1, 0.15) is 55.3 Å². The molecule has 2 N–H and O–H groups in total. The topological polar surface area (TPSA) is 95.2 Å². The van der Waals surface area contributed by atoms with Crippen LogP contribution in [0.25, 0.3) is 11.0 Å². The van der Waals surface area contributed by atoms with Crippen molar-refractivity contribution in [2.45, 2.75) is 39.2 Å². The summed E-state index contributed by atoms with van der Waals surface area (Å²) in [4.78, 5) is 46.3. The number of H-pyrrole nitrogens is 1. The van der Waals surface area contributed by atoms with Crippen LogP contribution in [0.15, 0.2) is 48.5 Å². The van der Waals surface area contributed by atoms with Crippen LogP contribution in [-0.2, 0) is 9.59 Å². The van der Waals surface area contributed by atoms with Crippen LogP contribution in [0.2, 0.25) is 0 Å². The first-order valence-corrected chi connectivity index (χ1v) is 10.2. The standard InChI is InChI=1S/C23H24N4O3/c1-3-14(2)21(22-24-17-9-4-5-10-18(17)25-22)26-23(30)15-7-6-8-16(13-15)27-19(28)11-12-20(27)29/h4-10,13-14,21H,3,11-12H2,1-2H3,(H,24,25)(H,26,30). The number of carbonyl (C=O) groups excluding carboxylic acids is 3. The molecule has 1 saturated heterocycles. The van der Waals surface area contributed by atoms with E-state index in [1.165, 1.54) is 0 Å². The fourth-order valence-corrected chi connectivity index (χ4v) is 3.71. The van der Waals surface area contributed by atoms with Gasteiger partial charge < -0.3 is 10.3 Å². The largest absolute Gasteiger partial charge is 0.342 e. The molecule has 0 spiro atoms. The Morgan fingerprint density at radius 1 is 1.13 bits per heavy atom. The third-order valence-corrected chi connectivity index (χ3v) is 5.62. The van der Waals surface area contributed by atoms with Crippen molar-refractivity contribution in [1.29, 1.82) is 0 Å². The summed E-state index contributed by atoms with van der Waals surface area (Å²) in [5, 5.41) is 3.08. The predicted molar refractivity (Wildman–Crippen MR) is 114 cm³/mol. The average Bonchev–Trinajstić information content (AvgIpc) is 3.34. The van der Waals surface area contributed by atoms with Gasteiger partial charge in [0.05, 0.1) is 22.8 Å². The Hall–Kier alpha value is -3.48. The molecule has 3 aromatic rings. The normalized spacial score (nSPS) is 16.1. The van der Waals surface area contributed by atoms with Gasteiger partial charge in [0.25, 0.3) is 5.91 Å². The quantitative estimate of drug-likeness (QED) is 0.612. The minimum absolute atomic E-state index is 0.152. The number of imide groups is 1. The molecule has 2 unspecified atom stereocenters. The minimum Gasteiger partial charge on any atom is -0.342 e. The van der Waals surface area contributed by atoms with Gasteiger partial charge in [-0.05, 0) is 36.2 Å². The Kier molecular flexibility index (Phi) is 5.35. The Morgan fingerprint density at radius 2 is 1.87 bits per heavy atom. The maximum absolute atomic E-state index is 13.1. The van der Waals surface area contributed by atoms with Gasteiger partial charge in [0.15, 0.2) is 0 Å². The number of aromatic nitrogens is 2. The van der Waals surface area contributed by atoms with E-state index in [1.54, 1.807) is 24.3 Å². The Morgan fingerprint density at radius 3 is 2.57 bits per heavy atom.